The zero-order valence-electron chi connectivity index (χ0n) is 9.08. The molecule has 0 bridgehead atoms. The molecular formula is C10H20N4. The molecule has 1 aliphatic heterocycles. The number of aryl methyl sites for hydroxylation is 2. The summed E-state index contributed by atoms with van der Waals surface area (Å²) in [6.07, 6.45) is 5.76. The van der Waals surface area contributed by atoms with Gasteiger partial charge in [0, 0.05) is 18.8 Å². The minimum atomic E-state index is 1.10. The number of hydrogen-bond donors (Lipinski definition) is 2. The first kappa shape index (κ1) is 11.2. The third kappa shape index (κ3) is 3.89. The van der Waals surface area contributed by atoms with Gasteiger partial charge in [-0.15, -0.1) is 0 Å². The van der Waals surface area contributed by atoms with Crippen LogP contribution in [0.3, 0.4) is 0 Å². The first-order chi connectivity index (χ1) is 6.70. The molecule has 2 heterocycles. The van der Waals surface area contributed by atoms with Crippen LogP contribution in [0.1, 0.15) is 30.5 Å². The van der Waals surface area contributed by atoms with Crippen LogP contribution in [0.4, 0.5) is 0 Å². The van der Waals surface area contributed by atoms with Crippen molar-refractivity contribution in [2.45, 2.75) is 33.1 Å². The number of piperidine rings is 1. The molecule has 1 aromatic heterocycles. The zero-order valence-corrected chi connectivity index (χ0v) is 9.08. The number of nitrogens with two attached hydrogens (primary N) is 1. The molecule has 14 heavy (non-hydrogen) atoms. The highest BCUT2D eigenvalue weighted by molar-refractivity contribution is 5.10. The average molecular weight is 196 g/mol. The summed E-state index contributed by atoms with van der Waals surface area (Å²) in [5.74, 6) is 5.47. The van der Waals surface area contributed by atoms with Gasteiger partial charge in [-0.25, -0.2) is 5.01 Å². The quantitative estimate of drug-likeness (QED) is 0.616. The fraction of sp³-hybridized carbons (Fsp3) is 0.700. The molecule has 80 valence electrons. The summed E-state index contributed by atoms with van der Waals surface area (Å²) < 4.78 is 0. The number of nitrogens with one attached hydrogen (secondary N) is 1. The smallest absolute Gasteiger partial charge is 0.0519 e. The molecule has 0 spiro atoms. The summed E-state index contributed by atoms with van der Waals surface area (Å²) in [6.45, 7) is 6.22. The van der Waals surface area contributed by atoms with Gasteiger partial charge in [-0.1, -0.05) is 6.42 Å². The van der Waals surface area contributed by atoms with Crippen molar-refractivity contribution in [3.63, 3.8) is 0 Å². The van der Waals surface area contributed by atoms with Crippen LogP contribution >= 0.6 is 0 Å². The van der Waals surface area contributed by atoms with Crippen molar-refractivity contribution in [2.24, 2.45) is 5.84 Å². The summed E-state index contributed by atoms with van der Waals surface area (Å²) >= 11 is 0. The third-order valence-electron chi connectivity index (χ3n) is 2.47. The van der Waals surface area contributed by atoms with Crippen LogP contribution in [0.5, 0.6) is 0 Å². The monoisotopic (exact) mass is 196 g/mol. The highest BCUT2D eigenvalue weighted by Crippen LogP contribution is 2.03. The van der Waals surface area contributed by atoms with Crippen LogP contribution in [-0.2, 0) is 0 Å². The maximum absolute atomic E-state index is 5.47. The minimum absolute atomic E-state index is 1.10. The highest BCUT2D eigenvalue weighted by atomic mass is 15.4. The zero-order chi connectivity index (χ0) is 10.4. The van der Waals surface area contributed by atoms with Gasteiger partial charge in [-0.3, -0.25) is 10.9 Å². The Morgan fingerprint density at radius 1 is 1.29 bits per heavy atom. The lowest BCUT2D eigenvalue weighted by Gasteiger charge is -2.20. The summed E-state index contributed by atoms with van der Waals surface area (Å²) in [4.78, 5) is 0. The standard InChI is InChI=1S/C5H8N2.C5H12N2/c1-4-3-6-7-5(4)2;6-7-4-2-1-3-5-7/h3H,1-2H3,(H,6,7);1-6H2. The SMILES string of the molecule is Cc1cn[nH]c1C.NN1CCCCC1. The predicted octanol–water partition coefficient (Wildman–Crippen LogP) is 1.37. The number of rotatable bonds is 0. The molecule has 0 aliphatic carbocycles. The van der Waals surface area contributed by atoms with Gasteiger partial charge in [0.05, 0.1) is 6.20 Å². The molecule has 2 rings (SSSR count). The lowest BCUT2D eigenvalue weighted by Crippen LogP contribution is -2.35. The maximum Gasteiger partial charge on any atom is 0.0519 e. The molecule has 0 radical (unpaired) electrons. The van der Waals surface area contributed by atoms with Crippen LogP contribution in [0, 0.1) is 13.8 Å². The number of aromatic amines is 1. The van der Waals surface area contributed by atoms with E-state index in [-0.39, 0.29) is 0 Å². The molecule has 1 saturated heterocycles. The molecule has 3 N–H and O–H groups in total. The molecule has 4 nitrogen and oxygen atoms in total. The van der Waals surface area contributed by atoms with E-state index in [0.29, 0.717) is 0 Å². The Balaban J connectivity index is 0.000000140. The molecule has 1 aromatic rings. The van der Waals surface area contributed by atoms with Crippen molar-refractivity contribution in [1.29, 1.82) is 0 Å². The molecule has 0 aromatic carbocycles. The number of H-pyrrole nitrogens is 1. The molecule has 0 atom stereocenters. The van der Waals surface area contributed by atoms with E-state index >= 15 is 0 Å². The maximum atomic E-state index is 5.47. The van der Waals surface area contributed by atoms with Crippen LogP contribution in [0.15, 0.2) is 6.20 Å². The second-order valence-corrected chi connectivity index (χ2v) is 3.77. The van der Waals surface area contributed by atoms with Crippen molar-refractivity contribution in [3.8, 4) is 0 Å². The van der Waals surface area contributed by atoms with E-state index in [4.69, 9.17) is 5.84 Å². The Morgan fingerprint density at radius 3 is 2.14 bits per heavy atom. The third-order valence-corrected chi connectivity index (χ3v) is 2.47. The van der Waals surface area contributed by atoms with Gasteiger partial charge in [0.25, 0.3) is 0 Å². The van der Waals surface area contributed by atoms with E-state index < -0.39 is 0 Å². The molecule has 4 heteroatoms. The first-order valence-corrected chi connectivity index (χ1v) is 5.16. The van der Waals surface area contributed by atoms with E-state index in [1.54, 1.807) is 0 Å². The molecular weight excluding hydrogens is 176 g/mol. The van der Waals surface area contributed by atoms with Crippen molar-refractivity contribution in [3.05, 3.63) is 17.5 Å². The number of aromatic nitrogens is 2. The summed E-state index contributed by atoms with van der Waals surface area (Å²) in [5, 5.41) is 8.51. The summed E-state index contributed by atoms with van der Waals surface area (Å²) in [7, 11) is 0. The number of nitrogens with zero attached hydrogens (tertiary/aromatic N) is 2. The van der Waals surface area contributed by atoms with Gasteiger partial charge < -0.3 is 0 Å². The van der Waals surface area contributed by atoms with Gasteiger partial charge in [-0.2, -0.15) is 5.10 Å². The van der Waals surface area contributed by atoms with Crippen LogP contribution < -0.4 is 5.84 Å². The normalized spacial score (nSPS) is 17.4. The Kier molecular flexibility index (Phi) is 4.62. The molecule has 1 aliphatic rings. The van der Waals surface area contributed by atoms with Gasteiger partial charge >= 0.3 is 0 Å². The van der Waals surface area contributed by atoms with E-state index in [9.17, 15) is 0 Å². The fourth-order valence-electron chi connectivity index (χ4n) is 1.33. The lowest BCUT2D eigenvalue weighted by molar-refractivity contribution is 0.235. The van der Waals surface area contributed by atoms with E-state index in [0.717, 1.165) is 18.8 Å². The Hall–Kier alpha value is -0.870. The average Bonchev–Trinajstić information content (AvgIpc) is 2.53. The second-order valence-electron chi connectivity index (χ2n) is 3.77. The predicted molar refractivity (Wildman–Crippen MR) is 57.7 cm³/mol. The Morgan fingerprint density at radius 2 is 1.93 bits per heavy atom. The van der Waals surface area contributed by atoms with Gasteiger partial charge in [0.1, 0.15) is 0 Å². The van der Waals surface area contributed by atoms with Crippen molar-refractivity contribution in [2.75, 3.05) is 13.1 Å². The van der Waals surface area contributed by atoms with Crippen LogP contribution in [-0.4, -0.2) is 28.3 Å². The highest BCUT2D eigenvalue weighted by Gasteiger charge is 2.02. The van der Waals surface area contributed by atoms with Crippen molar-refractivity contribution < 1.29 is 0 Å². The van der Waals surface area contributed by atoms with E-state index in [1.165, 1.54) is 24.8 Å². The summed E-state index contributed by atoms with van der Waals surface area (Å²) in [6, 6.07) is 0. The van der Waals surface area contributed by atoms with Crippen LogP contribution in [0.25, 0.3) is 0 Å². The Labute approximate surface area is 85.5 Å². The topological polar surface area (TPSA) is 57.9 Å². The van der Waals surface area contributed by atoms with E-state index in [2.05, 4.69) is 10.2 Å². The van der Waals surface area contributed by atoms with Crippen molar-refractivity contribution in [1.82, 2.24) is 15.2 Å². The number of hydrazine groups is 1. The van der Waals surface area contributed by atoms with Gasteiger partial charge in [-0.05, 0) is 32.3 Å². The minimum Gasteiger partial charge on any atom is -0.283 e. The van der Waals surface area contributed by atoms with E-state index in [1.807, 2.05) is 25.1 Å². The Bertz CT molecular complexity index is 234. The second kappa shape index (κ2) is 5.78. The lowest BCUT2D eigenvalue weighted by atomic mass is 10.2. The van der Waals surface area contributed by atoms with Crippen LogP contribution in [0.2, 0.25) is 0 Å². The largest absolute Gasteiger partial charge is 0.283 e. The number of hydrogen-bond acceptors (Lipinski definition) is 3. The summed E-state index contributed by atoms with van der Waals surface area (Å²) in [5.41, 5.74) is 2.38. The first-order valence-electron chi connectivity index (χ1n) is 5.16. The van der Waals surface area contributed by atoms with Gasteiger partial charge in [0.2, 0.25) is 0 Å². The molecule has 0 saturated carbocycles. The fourth-order valence-corrected chi connectivity index (χ4v) is 1.33. The molecule has 1 fully saturated rings. The van der Waals surface area contributed by atoms with Crippen molar-refractivity contribution >= 4 is 0 Å². The molecule has 0 unspecified atom stereocenters. The van der Waals surface area contributed by atoms with Gasteiger partial charge in [0.15, 0.2) is 0 Å². The molecule has 0 amide bonds.